The van der Waals surface area contributed by atoms with Crippen LogP contribution in [-0.4, -0.2) is 14.5 Å². The quantitative estimate of drug-likeness (QED) is 0.752. The van der Waals surface area contributed by atoms with Crippen molar-refractivity contribution in [3.8, 4) is 5.75 Å². The summed E-state index contributed by atoms with van der Waals surface area (Å²) in [6.07, 6.45) is -0.201. The monoisotopic (exact) mass is 232 g/mol. The van der Waals surface area contributed by atoms with Crippen molar-refractivity contribution in [1.29, 1.82) is 0 Å². The largest absolute Gasteiger partial charge is 0.490 e. The highest BCUT2D eigenvalue weighted by atomic mass is 32.3. The highest BCUT2D eigenvalue weighted by molar-refractivity contribution is 7.86. The van der Waals surface area contributed by atoms with Gasteiger partial charge < -0.3 is 4.74 Å². The van der Waals surface area contributed by atoms with Crippen LogP contribution in [0.3, 0.4) is 0 Å². The van der Waals surface area contributed by atoms with Gasteiger partial charge in [-0.15, -0.1) is 3.89 Å². The van der Waals surface area contributed by atoms with Gasteiger partial charge >= 0.3 is 10.2 Å². The molecule has 0 radical (unpaired) electrons. The van der Waals surface area contributed by atoms with Crippen LogP contribution >= 0.6 is 0 Å². The summed E-state index contributed by atoms with van der Waals surface area (Å²) in [5.74, 6) is 0.0538. The molecule has 0 aliphatic carbocycles. The molecule has 1 rings (SSSR count). The van der Waals surface area contributed by atoms with Crippen LogP contribution in [0, 0.1) is 6.92 Å². The normalized spacial score (nSPS) is 11.8. The maximum atomic E-state index is 12.9. The molecular formula is C10H13FO3S. The van der Waals surface area contributed by atoms with Crippen molar-refractivity contribution in [3.05, 3.63) is 23.8 Å². The molecule has 0 aliphatic rings. The molecule has 0 fully saturated rings. The van der Waals surface area contributed by atoms with Gasteiger partial charge in [0.25, 0.3) is 0 Å². The van der Waals surface area contributed by atoms with E-state index in [9.17, 15) is 12.3 Å². The predicted octanol–water partition coefficient (Wildman–Crippen LogP) is 2.44. The Hall–Kier alpha value is -1.10. The van der Waals surface area contributed by atoms with E-state index < -0.39 is 15.1 Å². The highest BCUT2D eigenvalue weighted by Gasteiger charge is 2.19. The van der Waals surface area contributed by atoms with E-state index >= 15 is 0 Å². The average molecular weight is 232 g/mol. The average Bonchev–Trinajstić information content (AvgIpc) is 2.05. The van der Waals surface area contributed by atoms with Crippen LogP contribution in [0.25, 0.3) is 0 Å². The Bertz CT molecular complexity index is 452. The van der Waals surface area contributed by atoms with Crippen LogP contribution in [0.1, 0.15) is 19.4 Å². The van der Waals surface area contributed by atoms with Crippen molar-refractivity contribution < 1.29 is 17.0 Å². The van der Waals surface area contributed by atoms with Gasteiger partial charge in [0.2, 0.25) is 0 Å². The van der Waals surface area contributed by atoms with E-state index in [4.69, 9.17) is 4.74 Å². The Balaban J connectivity index is 3.27. The lowest BCUT2D eigenvalue weighted by molar-refractivity contribution is 0.235. The Morgan fingerprint density at radius 2 is 1.93 bits per heavy atom. The van der Waals surface area contributed by atoms with E-state index in [1.54, 1.807) is 26.8 Å². The summed E-state index contributed by atoms with van der Waals surface area (Å²) in [6, 6.07) is 4.39. The summed E-state index contributed by atoms with van der Waals surface area (Å²) in [5.41, 5.74) is 0.669. The van der Waals surface area contributed by atoms with Gasteiger partial charge in [0, 0.05) is 0 Å². The highest BCUT2D eigenvalue weighted by Crippen LogP contribution is 2.27. The Morgan fingerprint density at radius 3 is 2.40 bits per heavy atom. The fourth-order valence-electron chi connectivity index (χ4n) is 1.16. The second kappa shape index (κ2) is 4.18. The Morgan fingerprint density at radius 1 is 1.33 bits per heavy atom. The number of halogens is 1. The SMILES string of the molecule is Cc1ccc(OC(C)C)c(S(=O)(=O)F)c1. The molecule has 3 nitrogen and oxygen atoms in total. The predicted molar refractivity (Wildman–Crippen MR) is 55.2 cm³/mol. The zero-order valence-corrected chi connectivity index (χ0v) is 9.64. The molecule has 0 N–H and O–H groups in total. The third-order valence-corrected chi connectivity index (χ3v) is 2.57. The topological polar surface area (TPSA) is 43.4 Å². The third kappa shape index (κ3) is 3.20. The van der Waals surface area contributed by atoms with Gasteiger partial charge in [0.15, 0.2) is 0 Å². The minimum atomic E-state index is -4.73. The van der Waals surface area contributed by atoms with E-state index in [-0.39, 0.29) is 11.9 Å². The van der Waals surface area contributed by atoms with E-state index in [1.165, 1.54) is 12.1 Å². The lowest BCUT2D eigenvalue weighted by Gasteiger charge is -2.12. The summed E-state index contributed by atoms with van der Waals surface area (Å²) >= 11 is 0. The van der Waals surface area contributed by atoms with Gasteiger partial charge in [0.1, 0.15) is 10.6 Å². The van der Waals surface area contributed by atoms with E-state index in [2.05, 4.69) is 0 Å². The van der Waals surface area contributed by atoms with E-state index in [0.717, 1.165) is 0 Å². The first-order valence-corrected chi connectivity index (χ1v) is 5.91. The summed E-state index contributed by atoms with van der Waals surface area (Å²) in [7, 11) is -4.73. The summed E-state index contributed by atoms with van der Waals surface area (Å²) < 4.78 is 39.8. The molecule has 1 aromatic rings. The molecule has 0 heterocycles. The number of benzene rings is 1. The van der Waals surface area contributed by atoms with Gasteiger partial charge in [0.05, 0.1) is 6.10 Å². The van der Waals surface area contributed by atoms with Crippen LogP contribution in [0.5, 0.6) is 5.75 Å². The molecule has 0 saturated carbocycles. The van der Waals surface area contributed by atoms with Crippen LogP contribution in [0.2, 0.25) is 0 Å². The molecule has 1 aromatic carbocycles. The molecule has 84 valence electrons. The number of aryl methyl sites for hydroxylation is 1. The molecule has 0 atom stereocenters. The van der Waals surface area contributed by atoms with Crippen LogP contribution in [-0.2, 0) is 10.2 Å². The second-order valence-electron chi connectivity index (χ2n) is 3.55. The van der Waals surface area contributed by atoms with Crippen LogP contribution in [0.4, 0.5) is 3.89 Å². The number of hydrogen-bond acceptors (Lipinski definition) is 3. The zero-order valence-electron chi connectivity index (χ0n) is 8.82. The van der Waals surface area contributed by atoms with E-state index in [1.807, 2.05) is 0 Å². The van der Waals surface area contributed by atoms with Gasteiger partial charge in [-0.05, 0) is 38.5 Å². The Labute approximate surface area is 89.1 Å². The van der Waals surface area contributed by atoms with Crippen molar-refractivity contribution in [1.82, 2.24) is 0 Å². The molecule has 0 aromatic heterocycles. The van der Waals surface area contributed by atoms with Crippen molar-refractivity contribution in [2.45, 2.75) is 31.8 Å². The fourth-order valence-corrected chi connectivity index (χ4v) is 1.84. The number of rotatable bonds is 3. The summed E-state index contributed by atoms with van der Waals surface area (Å²) in [6.45, 7) is 5.18. The van der Waals surface area contributed by atoms with Gasteiger partial charge in [-0.2, -0.15) is 8.42 Å². The Kier molecular flexibility index (Phi) is 3.34. The molecule has 0 spiro atoms. The molecular weight excluding hydrogens is 219 g/mol. The number of ether oxygens (including phenoxy) is 1. The molecule has 0 bridgehead atoms. The molecule has 5 heteroatoms. The second-order valence-corrected chi connectivity index (χ2v) is 4.87. The van der Waals surface area contributed by atoms with Crippen molar-refractivity contribution in [2.24, 2.45) is 0 Å². The van der Waals surface area contributed by atoms with Crippen molar-refractivity contribution in [2.75, 3.05) is 0 Å². The first-order chi connectivity index (χ1) is 6.80. The minimum Gasteiger partial charge on any atom is -0.490 e. The summed E-state index contributed by atoms with van der Waals surface area (Å²) in [5, 5.41) is 0. The molecule has 0 saturated heterocycles. The maximum Gasteiger partial charge on any atom is 0.335 e. The lowest BCUT2D eigenvalue weighted by Crippen LogP contribution is -2.08. The standard InChI is InChI=1S/C10H13FO3S/c1-7(2)14-9-5-4-8(3)6-10(9)15(11,12)13/h4-7H,1-3H3. The van der Waals surface area contributed by atoms with Crippen LogP contribution in [0.15, 0.2) is 23.1 Å². The first kappa shape index (κ1) is 12.0. The smallest absolute Gasteiger partial charge is 0.335 e. The van der Waals surface area contributed by atoms with Gasteiger partial charge in [-0.3, -0.25) is 0 Å². The van der Waals surface area contributed by atoms with Crippen LogP contribution < -0.4 is 4.74 Å². The molecule has 0 aliphatic heterocycles. The molecule has 0 amide bonds. The van der Waals surface area contributed by atoms with Gasteiger partial charge in [-0.25, -0.2) is 0 Å². The van der Waals surface area contributed by atoms with Crippen molar-refractivity contribution in [3.63, 3.8) is 0 Å². The summed E-state index contributed by atoms with van der Waals surface area (Å²) in [4.78, 5) is -0.406. The minimum absolute atomic E-state index is 0.0538. The zero-order chi connectivity index (χ0) is 11.6. The maximum absolute atomic E-state index is 12.9. The third-order valence-electron chi connectivity index (χ3n) is 1.72. The molecule has 15 heavy (non-hydrogen) atoms. The number of hydrogen-bond donors (Lipinski definition) is 0. The lowest BCUT2D eigenvalue weighted by atomic mass is 10.2. The molecule has 0 unspecified atom stereocenters. The fraction of sp³-hybridized carbons (Fsp3) is 0.400. The first-order valence-electron chi connectivity index (χ1n) is 4.52. The van der Waals surface area contributed by atoms with Crippen molar-refractivity contribution >= 4 is 10.2 Å². The van der Waals surface area contributed by atoms with Gasteiger partial charge in [-0.1, -0.05) is 6.07 Å². The van der Waals surface area contributed by atoms with E-state index in [0.29, 0.717) is 5.56 Å².